The fourth-order valence-electron chi connectivity index (χ4n) is 1.44. The molecule has 0 radical (unpaired) electrons. The van der Waals surface area contributed by atoms with Crippen LogP contribution in [-0.2, 0) is 0 Å². The highest BCUT2D eigenvalue weighted by Crippen LogP contribution is 2.31. The Bertz CT molecular complexity index is 479. The molecule has 0 saturated carbocycles. The number of aryl methyl sites for hydroxylation is 1. The van der Waals surface area contributed by atoms with Crippen LogP contribution in [0.4, 0.5) is 0 Å². The van der Waals surface area contributed by atoms with Crippen LogP contribution in [0, 0.1) is 6.92 Å². The van der Waals surface area contributed by atoms with Crippen molar-refractivity contribution in [2.45, 2.75) is 6.92 Å². The molecule has 2 rings (SSSR count). The number of nitrogens with zero attached hydrogens (tertiary/aromatic N) is 1. The van der Waals surface area contributed by atoms with E-state index >= 15 is 0 Å². The first-order valence-electron chi connectivity index (χ1n) is 4.56. The second-order valence-corrected chi connectivity index (χ2v) is 4.20. The summed E-state index contributed by atoms with van der Waals surface area (Å²) in [4.78, 5) is 0. The van der Waals surface area contributed by atoms with Crippen LogP contribution in [0.3, 0.4) is 0 Å². The summed E-state index contributed by atoms with van der Waals surface area (Å²) >= 11 is 3.44. The van der Waals surface area contributed by atoms with Crippen LogP contribution in [-0.4, -0.2) is 17.3 Å². The maximum Gasteiger partial charge on any atom is 0.128 e. The molecule has 0 fully saturated rings. The van der Waals surface area contributed by atoms with Gasteiger partial charge in [0.1, 0.15) is 5.75 Å². The van der Waals surface area contributed by atoms with Gasteiger partial charge in [0, 0.05) is 15.7 Å². The van der Waals surface area contributed by atoms with Crippen molar-refractivity contribution >= 4 is 15.9 Å². The Kier molecular flexibility index (Phi) is 2.77. The van der Waals surface area contributed by atoms with Crippen molar-refractivity contribution in [2.75, 3.05) is 7.11 Å². The van der Waals surface area contributed by atoms with Crippen LogP contribution in [0.5, 0.6) is 5.75 Å². The van der Waals surface area contributed by atoms with E-state index in [1.165, 1.54) is 0 Å². The van der Waals surface area contributed by atoms with E-state index in [1.807, 2.05) is 31.2 Å². The van der Waals surface area contributed by atoms with E-state index in [0.29, 0.717) is 0 Å². The van der Waals surface area contributed by atoms with E-state index in [4.69, 9.17) is 4.74 Å². The number of hydrogen-bond donors (Lipinski definition) is 1. The van der Waals surface area contributed by atoms with Gasteiger partial charge in [0.05, 0.1) is 12.8 Å². The van der Waals surface area contributed by atoms with E-state index in [1.54, 1.807) is 7.11 Å². The monoisotopic (exact) mass is 266 g/mol. The first-order valence-corrected chi connectivity index (χ1v) is 5.36. The van der Waals surface area contributed by atoms with Gasteiger partial charge in [-0.15, -0.1) is 0 Å². The molecule has 0 aliphatic carbocycles. The zero-order valence-electron chi connectivity index (χ0n) is 8.54. The summed E-state index contributed by atoms with van der Waals surface area (Å²) in [6.45, 7) is 1.97. The van der Waals surface area contributed by atoms with E-state index in [2.05, 4.69) is 26.1 Å². The normalized spacial score (nSPS) is 10.3. The third-order valence-electron chi connectivity index (χ3n) is 2.14. The molecule has 1 aromatic carbocycles. The van der Waals surface area contributed by atoms with Crippen LogP contribution >= 0.6 is 15.9 Å². The number of aromatic nitrogens is 2. The molecule has 0 bridgehead atoms. The first kappa shape index (κ1) is 10.2. The lowest BCUT2D eigenvalue weighted by Crippen LogP contribution is -1.88. The van der Waals surface area contributed by atoms with E-state index in [-0.39, 0.29) is 0 Å². The van der Waals surface area contributed by atoms with Gasteiger partial charge in [-0.25, -0.2) is 0 Å². The van der Waals surface area contributed by atoms with E-state index in [0.717, 1.165) is 27.2 Å². The number of methoxy groups -OCH3 is 1. The van der Waals surface area contributed by atoms with Crippen LogP contribution < -0.4 is 4.74 Å². The summed E-state index contributed by atoms with van der Waals surface area (Å²) in [6.07, 6.45) is 0. The minimum absolute atomic E-state index is 0.824. The quantitative estimate of drug-likeness (QED) is 0.907. The minimum Gasteiger partial charge on any atom is -0.496 e. The van der Waals surface area contributed by atoms with Gasteiger partial charge in [-0.05, 0) is 31.2 Å². The number of hydrogen-bond acceptors (Lipinski definition) is 2. The Morgan fingerprint density at radius 2 is 2.13 bits per heavy atom. The summed E-state index contributed by atoms with van der Waals surface area (Å²) in [5.74, 6) is 0.824. The van der Waals surface area contributed by atoms with Crippen molar-refractivity contribution in [1.29, 1.82) is 0 Å². The standard InChI is InChI=1S/C11H11BrN2O/c1-7-5-10(14-13-7)9-6-8(12)3-4-11(9)15-2/h3-6H,1-2H3,(H,13,14). The van der Waals surface area contributed by atoms with Crippen LogP contribution in [0.25, 0.3) is 11.3 Å². The smallest absolute Gasteiger partial charge is 0.128 e. The highest BCUT2D eigenvalue weighted by atomic mass is 79.9. The average Bonchev–Trinajstić information content (AvgIpc) is 2.65. The third-order valence-corrected chi connectivity index (χ3v) is 2.64. The Morgan fingerprint density at radius 3 is 2.73 bits per heavy atom. The Morgan fingerprint density at radius 1 is 1.33 bits per heavy atom. The molecule has 1 N–H and O–H groups in total. The number of rotatable bonds is 2. The van der Waals surface area contributed by atoms with Gasteiger partial charge in [-0.3, -0.25) is 5.10 Å². The molecule has 0 spiro atoms. The fourth-order valence-corrected chi connectivity index (χ4v) is 1.80. The molecule has 0 atom stereocenters. The lowest BCUT2D eigenvalue weighted by atomic mass is 10.1. The number of halogens is 1. The van der Waals surface area contributed by atoms with Crippen molar-refractivity contribution in [3.63, 3.8) is 0 Å². The number of H-pyrrole nitrogens is 1. The molecule has 78 valence electrons. The summed E-state index contributed by atoms with van der Waals surface area (Å²) in [5, 5.41) is 7.13. The minimum atomic E-state index is 0.824. The van der Waals surface area contributed by atoms with Gasteiger partial charge in [0.2, 0.25) is 0 Å². The molecule has 0 amide bonds. The molecule has 3 nitrogen and oxygen atoms in total. The second-order valence-electron chi connectivity index (χ2n) is 3.28. The van der Waals surface area contributed by atoms with Crippen LogP contribution in [0.2, 0.25) is 0 Å². The molecule has 0 aliphatic rings. The van der Waals surface area contributed by atoms with Gasteiger partial charge in [-0.2, -0.15) is 5.10 Å². The van der Waals surface area contributed by atoms with Crippen molar-refractivity contribution in [3.05, 3.63) is 34.4 Å². The number of aromatic amines is 1. The van der Waals surface area contributed by atoms with Crippen molar-refractivity contribution in [2.24, 2.45) is 0 Å². The number of nitrogens with one attached hydrogen (secondary N) is 1. The topological polar surface area (TPSA) is 37.9 Å². The van der Waals surface area contributed by atoms with E-state index < -0.39 is 0 Å². The Labute approximate surface area is 96.6 Å². The largest absolute Gasteiger partial charge is 0.496 e. The second kappa shape index (κ2) is 4.06. The summed E-state index contributed by atoms with van der Waals surface area (Å²) in [7, 11) is 1.66. The SMILES string of the molecule is COc1ccc(Br)cc1-c1cc(C)[nH]n1. The molecule has 0 saturated heterocycles. The predicted molar refractivity (Wildman–Crippen MR) is 63.0 cm³/mol. The highest BCUT2D eigenvalue weighted by molar-refractivity contribution is 9.10. The fraction of sp³-hybridized carbons (Fsp3) is 0.182. The van der Waals surface area contributed by atoms with E-state index in [9.17, 15) is 0 Å². The molecule has 0 unspecified atom stereocenters. The molecule has 2 aromatic rings. The molecular formula is C11H11BrN2O. The van der Waals surface area contributed by atoms with Gasteiger partial charge >= 0.3 is 0 Å². The first-order chi connectivity index (χ1) is 7.20. The summed E-state index contributed by atoms with van der Waals surface area (Å²) < 4.78 is 6.30. The van der Waals surface area contributed by atoms with Gasteiger partial charge < -0.3 is 4.74 Å². The van der Waals surface area contributed by atoms with Crippen molar-refractivity contribution in [3.8, 4) is 17.0 Å². The highest BCUT2D eigenvalue weighted by Gasteiger charge is 2.08. The molecule has 1 heterocycles. The predicted octanol–water partition coefficient (Wildman–Crippen LogP) is 3.16. The van der Waals surface area contributed by atoms with Crippen LogP contribution in [0.1, 0.15) is 5.69 Å². The molecule has 1 aromatic heterocycles. The van der Waals surface area contributed by atoms with Crippen LogP contribution in [0.15, 0.2) is 28.7 Å². The molecular weight excluding hydrogens is 256 g/mol. The van der Waals surface area contributed by atoms with Gasteiger partial charge in [-0.1, -0.05) is 15.9 Å². The number of benzene rings is 1. The van der Waals surface area contributed by atoms with Gasteiger partial charge in [0.15, 0.2) is 0 Å². The lowest BCUT2D eigenvalue weighted by Gasteiger charge is -2.05. The Hall–Kier alpha value is -1.29. The number of ether oxygens (including phenoxy) is 1. The summed E-state index contributed by atoms with van der Waals surface area (Å²) in [6, 6.07) is 7.85. The third kappa shape index (κ3) is 2.04. The molecule has 15 heavy (non-hydrogen) atoms. The zero-order valence-corrected chi connectivity index (χ0v) is 10.1. The zero-order chi connectivity index (χ0) is 10.8. The summed E-state index contributed by atoms with van der Waals surface area (Å²) in [5.41, 5.74) is 2.91. The average molecular weight is 267 g/mol. The molecule has 0 aliphatic heterocycles. The Balaban J connectivity index is 2.55. The lowest BCUT2D eigenvalue weighted by molar-refractivity contribution is 0.416. The molecule has 4 heteroatoms. The van der Waals surface area contributed by atoms with Gasteiger partial charge in [0.25, 0.3) is 0 Å². The van der Waals surface area contributed by atoms with Crippen molar-refractivity contribution in [1.82, 2.24) is 10.2 Å². The maximum absolute atomic E-state index is 5.29. The van der Waals surface area contributed by atoms with Crippen molar-refractivity contribution < 1.29 is 4.74 Å². The maximum atomic E-state index is 5.29.